The van der Waals surface area contributed by atoms with Crippen molar-refractivity contribution in [2.75, 3.05) is 10.7 Å². The maximum atomic E-state index is 13.1. The molecule has 3 rings (SSSR count). The molecule has 0 bridgehead atoms. The van der Waals surface area contributed by atoms with E-state index in [1.54, 1.807) is 24.3 Å². The minimum atomic E-state index is -0.853. The summed E-state index contributed by atoms with van der Waals surface area (Å²) in [7, 11) is 0. The number of fused-ring (bicyclic) bond motifs is 1. The van der Waals surface area contributed by atoms with Gasteiger partial charge in [0.2, 0.25) is 0 Å². The first-order valence-corrected chi connectivity index (χ1v) is 11.3. The summed E-state index contributed by atoms with van der Waals surface area (Å²) < 4.78 is 3.10. The smallest absolute Gasteiger partial charge is 0.328 e. The van der Waals surface area contributed by atoms with Crippen molar-refractivity contribution in [2.24, 2.45) is 0 Å². The van der Waals surface area contributed by atoms with E-state index in [9.17, 15) is 14.4 Å². The lowest BCUT2D eigenvalue weighted by Gasteiger charge is -2.14. The fraction of sp³-hybridized carbons (Fsp3) is 0.227. The van der Waals surface area contributed by atoms with Gasteiger partial charge in [-0.15, -0.1) is 0 Å². The number of carbonyl (C=O) groups is 3. The minimum absolute atomic E-state index is 0.140. The molecule has 3 N–H and O–H groups in total. The number of amides is 3. The third-order valence-electron chi connectivity index (χ3n) is 4.82. The van der Waals surface area contributed by atoms with Gasteiger partial charge in [0, 0.05) is 26.1 Å². The molecule has 0 unspecified atom stereocenters. The third-order valence-corrected chi connectivity index (χ3v) is 6.20. The summed E-state index contributed by atoms with van der Waals surface area (Å²) in [6.45, 7) is 5.64. The van der Waals surface area contributed by atoms with Gasteiger partial charge in [-0.3, -0.25) is 19.8 Å². The highest BCUT2D eigenvalue weighted by Gasteiger charge is 2.21. The molecule has 9 heteroatoms. The lowest BCUT2D eigenvalue weighted by atomic mass is 10.2. The Morgan fingerprint density at radius 1 is 1.03 bits per heavy atom. The minimum Gasteiger partial charge on any atom is -0.345 e. The van der Waals surface area contributed by atoms with Crippen molar-refractivity contribution in [3.05, 3.63) is 62.7 Å². The highest BCUT2D eigenvalue weighted by Crippen LogP contribution is 2.25. The highest BCUT2D eigenvalue weighted by atomic mass is 79.9. The van der Waals surface area contributed by atoms with Crippen LogP contribution in [0.5, 0.6) is 0 Å². The molecule has 3 amide bonds. The Kier molecular flexibility index (Phi) is 7.17. The van der Waals surface area contributed by atoms with Gasteiger partial charge in [0.05, 0.1) is 5.52 Å². The van der Waals surface area contributed by atoms with E-state index in [4.69, 9.17) is 0 Å². The number of carbonyl (C=O) groups excluding carboxylic acids is 3. The first-order valence-electron chi connectivity index (χ1n) is 9.70. The summed E-state index contributed by atoms with van der Waals surface area (Å²) in [6.07, 6.45) is 0.694. The van der Waals surface area contributed by atoms with Gasteiger partial charge in [-0.2, -0.15) is 0 Å². The Bertz CT molecular complexity index is 1170. The number of hydrogen-bond acceptors (Lipinski definition) is 3. The summed E-state index contributed by atoms with van der Waals surface area (Å²) in [6, 6.07) is 12.4. The molecule has 1 aromatic heterocycles. The number of rotatable bonds is 5. The molecule has 162 valence electrons. The van der Waals surface area contributed by atoms with Gasteiger partial charge in [-0.25, -0.2) is 4.68 Å². The van der Waals surface area contributed by atoms with Crippen LogP contribution in [0, 0.1) is 6.92 Å². The number of halogens is 2. The van der Waals surface area contributed by atoms with Crippen LogP contribution < -0.4 is 16.1 Å². The summed E-state index contributed by atoms with van der Waals surface area (Å²) in [4.78, 5) is 37.8. The Labute approximate surface area is 196 Å². The van der Waals surface area contributed by atoms with Crippen molar-refractivity contribution >= 4 is 66.2 Å². The van der Waals surface area contributed by atoms with E-state index in [2.05, 4.69) is 47.9 Å². The standard InChI is InChI=1S/C22H22Br2N4O3/c1-4-13(3)25-21(30)22(31)27-28-18-8-5-15(23)10-14(18)11-19(28)20(29)26-16-6-7-17(24)12(2)9-16/h5-11,13H,4H2,1-3H3,(H,25,30)(H,26,29)(H,27,31)/t13-/m0/s1. The highest BCUT2D eigenvalue weighted by molar-refractivity contribution is 9.10. The largest absolute Gasteiger partial charge is 0.345 e. The fourth-order valence-corrected chi connectivity index (χ4v) is 3.56. The van der Waals surface area contributed by atoms with Crippen molar-refractivity contribution in [3.8, 4) is 0 Å². The van der Waals surface area contributed by atoms with Crippen molar-refractivity contribution in [1.29, 1.82) is 0 Å². The third kappa shape index (κ3) is 5.34. The molecule has 0 radical (unpaired) electrons. The lowest BCUT2D eigenvalue weighted by Crippen LogP contribution is -2.43. The second-order valence-corrected chi connectivity index (χ2v) is 8.98. The molecule has 1 atom stereocenters. The molecule has 0 saturated carbocycles. The predicted molar refractivity (Wildman–Crippen MR) is 129 cm³/mol. The molecule has 31 heavy (non-hydrogen) atoms. The first kappa shape index (κ1) is 23.0. The Hall–Kier alpha value is -2.65. The molecular formula is C22H22Br2N4O3. The van der Waals surface area contributed by atoms with Crippen molar-refractivity contribution in [2.45, 2.75) is 33.2 Å². The Balaban J connectivity index is 1.94. The number of benzene rings is 2. The van der Waals surface area contributed by atoms with Crippen LogP contribution in [0.2, 0.25) is 0 Å². The van der Waals surface area contributed by atoms with Crippen LogP contribution >= 0.6 is 31.9 Å². The second-order valence-electron chi connectivity index (χ2n) is 7.21. The fourth-order valence-electron chi connectivity index (χ4n) is 2.94. The number of aromatic nitrogens is 1. The summed E-state index contributed by atoms with van der Waals surface area (Å²) >= 11 is 6.85. The Morgan fingerprint density at radius 3 is 2.45 bits per heavy atom. The molecule has 1 heterocycles. The van der Waals surface area contributed by atoms with Crippen molar-refractivity contribution < 1.29 is 14.4 Å². The molecule has 0 aliphatic rings. The van der Waals surface area contributed by atoms with Crippen LogP contribution in [-0.2, 0) is 9.59 Å². The second kappa shape index (κ2) is 9.65. The van der Waals surface area contributed by atoms with Gasteiger partial charge in [-0.1, -0.05) is 38.8 Å². The number of aryl methyl sites for hydroxylation is 1. The van der Waals surface area contributed by atoms with Crippen molar-refractivity contribution in [3.63, 3.8) is 0 Å². The zero-order valence-corrected chi connectivity index (χ0v) is 20.4. The quantitative estimate of drug-likeness (QED) is 0.402. The van der Waals surface area contributed by atoms with Crippen LogP contribution in [0.15, 0.2) is 51.4 Å². The van der Waals surface area contributed by atoms with Gasteiger partial charge in [0.15, 0.2) is 0 Å². The average Bonchev–Trinajstić information content (AvgIpc) is 3.07. The van der Waals surface area contributed by atoms with Crippen LogP contribution in [0.1, 0.15) is 36.3 Å². The van der Waals surface area contributed by atoms with E-state index in [0.717, 1.165) is 19.9 Å². The average molecular weight is 550 g/mol. The molecule has 3 aromatic rings. The van der Waals surface area contributed by atoms with E-state index in [0.29, 0.717) is 17.6 Å². The van der Waals surface area contributed by atoms with Gasteiger partial charge in [0.25, 0.3) is 5.91 Å². The van der Waals surface area contributed by atoms with E-state index in [1.165, 1.54) is 4.68 Å². The van der Waals surface area contributed by atoms with Crippen LogP contribution in [0.3, 0.4) is 0 Å². The monoisotopic (exact) mass is 548 g/mol. The first-order chi connectivity index (χ1) is 14.7. The van der Waals surface area contributed by atoms with Crippen molar-refractivity contribution in [1.82, 2.24) is 9.99 Å². The topological polar surface area (TPSA) is 92.2 Å². The van der Waals surface area contributed by atoms with Gasteiger partial charge in [0.1, 0.15) is 5.69 Å². The Morgan fingerprint density at radius 2 is 1.77 bits per heavy atom. The predicted octanol–water partition coefficient (Wildman–Crippen LogP) is 4.71. The maximum absolute atomic E-state index is 13.1. The molecule has 7 nitrogen and oxygen atoms in total. The number of hydrogen-bond donors (Lipinski definition) is 3. The van der Waals surface area contributed by atoms with E-state index < -0.39 is 17.7 Å². The SMILES string of the molecule is CC[C@H](C)NC(=O)C(=O)Nn1c(C(=O)Nc2ccc(Br)c(C)c2)cc2cc(Br)ccc21. The van der Waals surface area contributed by atoms with Gasteiger partial charge >= 0.3 is 11.8 Å². The van der Waals surface area contributed by atoms with Crippen LogP contribution in [-0.4, -0.2) is 28.4 Å². The summed E-state index contributed by atoms with van der Waals surface area (Å²) in [5, 5.41) is 6.19. The summed E-state index contributed by atoms with van der Waals surface area (Å²) in [5.74, 6) is -2.03. The lowest BCUT2D eigenvalue weighted by molar-refractivity contribution is -0.137. The summed E-state index contributed by atoms with van der Waals surface area (Å²) in [5.41, 5.74) is 4.92. The molecule has 0 aliphatic carbocycles. The maximum Gasteiger partial charge on any atom is 0.328 e. The zero-order valence-electron chi connectivity index (χ0n) is 17.3. The molecule has 0 fully saturated rings. The van der Waals surface area contributed by atoms with Crippen LogP contribution in [0.4, 0.5) is 5.69 Å². The van der Waals surface area contributed by atoms with E-state index in [1.807, 2.05) is 39.0 Å². The van der Waals surface area contributed by atoms with Gasteiger partial charge in [-0.05, 0) is 68.3 Å². The zero-order chi connectivity index (χ0) is 22.7. The van der Waals surface area contributed by atoms with Gasteiger partial charge < -0.3 is 10.6 Å². The molecule has 0 saturated heterocycles. The normalized spacial score (nSPS) is 11.8. The molecule has 2 aromatic carbocycles. The number of anilines is 1. The molecular weight excluding hydrogens is 528 g/mol. The van der Waals surface area contributed by atoms with Crippen LogP contribution in [0.25, 0.3) is 10.9 Å². The van der Waals surface area contributed by atoms with E-state index >= 15 is 0 Å². The number of nitrogens with one attached hydrogen (secondary N) is 3. The number of nitrogens with zero attached hydrogens (tertiary/aromatic N) is 1. The van der Waals surface area contributed by atoms with E-state index in [-0.39, 0.29) is 11.7 Å². The molecule has 0 spiro atoms. The molecule has 0 aliphatic heterocycles.